The van der Waals surface area contributed by atoms with Crippen LogP contribution in [0.25, 0.3) is 11.0 Å². The summed E-state index contributed by atoms with van der Waals surface area (Å²) in [6.45, 7) is 5.00. The van der Waals surface area contributed by atoms with Crippen molar-refractivity contribution in [2.45, 2.75) is 26.9 Å². The molecule has 3 rings (SSSR count). The molecule has 1 aromatic heterocycles. The highest BCUT2D eigenvalue weighted by Gasteiger charge is 2.40. The molecule has 0 unspecified atom stereocenters. The van der Waals surface area contributed by atoms with Gasteiger partial charge in [-0.15, -0.1) is 0 Å². The van der Waals surface area contributed by atoms with Crippen molar-refractivity contribution in [2.75, 3.05) is 6.61 Å². The number of carbonyl (C=O) groups is 1. The van der Waals surface area contributed by atoms with Crippen LogP contribution < -0.4 is 14.9 Å². The lowest BCUT2D eigenvalue weighted by molar-refractivity contribution is -0.154. The molecule has 0 spiro atoms. The lowest BCUT2D eigenvalue weighted by atomic mass is 10.1. The van der Waals surface area contributed by atoms with Crippen LogP contribution in [0.3, 0.4) is 0 Å². The minimum atomic E-state index is -5.00. The molecule has 2 aromatic carbocycles. The number of hydrogen-bond donors (Lipinski definition) is 0. The SMILES string of the molecule is CCOC(=O)Oc1ccc2c(=O)c(Oc3cc(C)ccc3C)c(C(F)(F)F)oc2c1. The summed E-state index contributed by atoms with van der Waals surface area (Å²) < 4.78 is 60.7. The van der Waals surface area contributed by atoms with Crippen molar-refractivity contribution in [1.82, 2.24) is 0 Å². The van der Waals surface area contributed by atoms with E-state index in [4.69, 9.17) is 13.9 Å². The molecule has 0 N–H and O–H groups in total. The highest BCUT2D eigenvalue weighted by Crippen LogP contribution is 2.39. The van der Waals surface area contributed by atoms with Crippen molar-refractivity contribution < 1.29 is 36.6 Å². The Morgan fingerprint density at radius 1 is 1.10 bits per heavy atom. The van der Waals surface area contributed by atoms with Gasteiger partial charge in [-0.05, 0) is 50.1 Å². The number of benzene rings is 2. The highest BCUT2D eigenvalue weighted by atomic mass is 19.4. The van der Waals surface area contributed by atoms with Crippen molar-refractivity contribution >= 4 is 17.1 Å². The molecule has 0 fully saturated rings. The average molecular weight is 422 g/mol. The number of alkyl halides is 3. The van der Waals surface area contributed by atoms with Crippen molar-refractivity contribution in [3.8, 4) is 17.2 Å². The molecular weight excluding hydrogens is 405 g/mol. The van der Waals surface area contributed by atoms with Crippen LogP contribution in [0.4, 0.5) is 18.0 Å². The molecule has 0 aliphatic heterocycles. The fourth-order valence-electron chi connectivity index (χ4n) is 2.67. The van der Waals surface area contributed by atoms with E-state index in [9.17, 15) is 22.8 Å². The number of hydrogen-bond acceptors (Lipinski definition) is 6. The molecule has 9 heteroatoms. The van der Waals surface area contributed by atoms with Gasteiger partial charge in [-0.1, -0.05) is 12.1 Å². The molecule has 6 nitrogen and oxygen atoms in total. The second-order valence-electron chi connectivity index (χ2n) is 6.40. The third-order valence-corrected chi connectivity index (χ3v) is 4.10. The zero-order chi connectivity index (χ0) is 22.1. The molecule has 0 saturated carbocycles. The average Bonchev–Trinajstić information content (AvgIpc) is 2.65. The minimum Gasteiger partial charge on any atom is -0.449 e. The van der Waals surface area contributed by atoms with Crippen molar-refractivity contribution in [3.05, 3.63) is 63.5 Å². The summed E-state index contributed by atoms with van der Waals surface area (Å²) in [6.07, 6.45) is -6.04. The van der Waals surface area contributed by atoms with Crippen LogP contribution in [0.2, 0.25) is 0 Å². The van der Waals surface area contributed by atoms with Crippen LogP contribution in [0, 0.1) is 13.8 Å². The maximum atomic E-state index is 13.6. The van der Waals surface area contributed by atoms with Gasteiger partial charge in [0.05, 0.1) is 12.0 Å². The Labute approximate surface area is 168 Å². The smallest absolute Gasteiger partial charge is 0.449 e. The van der Waals surface area contributed by atoms with Gasteiger partial charge in [0.1, 0.15) is 17.1 Å². The maximum Gasteiger partial charge on any atom is 0.513 e. The van der Waals surface area contributed by atoms with Crippen LogP contribution >= 0.6 is 0 Å². The number of ether oxygens (including phenoxy) is 3. The predicted octanol–water partition coefficient (Wildman–Crippen LogP) is 5.76. The van der Waals surface area contributed by atoms with Gasteiger partial charge in [0.15, 0.2) is 0 Å². The predicted molar refractivity (Wildman–Crippen MR) is 101 cm³/mol. The van der Waals surface area contributed by atoms with Crippen LogP contribution in [-0.2, 0) is 10.9 Å². The third kappa shape index (κ3) is 4.40. The lowest BCUT2D eigenvalue weighted by Crippen LogP contribution is -2.16. The van der Waals surface area contributed by atoms with Gasteiger partial charge in [0.2, 0.25) is 11.2 Å². The largest absolute Gasteiger partial charge is 0.513 e. The van der Waals surface area contributed by atoms with E-state index in [0.717, 1.165) is 11.6 Å². The highest BCUT2D eigenvalue weighted by molar-refractivity contribution is 5.80. The van der Waals surface area contributed by atoms with E-state index in [1.165, 1.54) is 18.2 Å². The summed E-state index contributed by atoms with van der Waals surface area (Å²) >= 11 is 0. The zero-order valence-corrected chi connectivity index (χ0v) is 16.3. The Kier molecular flexibility index (Phi) is 5.73. The normalized spacial score (nSPS) is 11.4. The Hall–Kier alpha value is -3.49. The van der Waals surface area contributed by atoms with Gasteiger partial charge in [0.25, 0.3) is 5.76 Å². The number of halogens is 3. The fourth-order valence-corrected chi connectivity index (χ4v) is 2.67. The Morgan fingerprint density at radius 2 is 1.83 bits per heavy atom. The van der Waals surface area contributed by atoms with E-state index < -0.39 is 34.9 Å². The number of fused-ring (bicyclic) bond motifs is 1. The van der Waals surface area contributed by atoms with Gasteiger partial charge in [-0.2, -0.15) is 13.2 Å². The van der Waals surface area contributed by atoms with E-state index in [1.54, 1.807) is 32.9 Å². The van der Waals surface area contributed by atoms with Crippen molar-refractivity contribution in [2.24, 2.45) is 0 Å². The van der Waals surface area contributed by atoms with Gasteiger partial charge in [-0.3, -0.25) is 4.79 Å². The van der Waals surface area contributed by atoms with E-state index in [1.807, 2.05) is 0 Å². The maximum absolute atomic E-state index is 13.6. The van der Waals surface area contributed by atoms with E-state index in [-0.39, 0.29) is 23.5 Å². The Morgan fingerprint density at radius 3 is 2.50 bits per heavy atom. The summed E-state index contributed by atoms with van der Waals surface area (Å²) in [7, 11) is 0. The summed E-state index contributed by atoms with van der Waals surface area (Å²) in [6, 6.07) is 8.39. The molecule has 0 radical (unpaired) electrons. The van der Waals surface area contributed by atoms with Crippen LogP contribution in [0.1, 0.15) is 23.8 Å². The lowest BCUT2D eigenvalue weighted by Gasteiger charge is -2.15. The molecule has 3 aromatic rings. The summed E-state index contributed by atoms with van der Waals surface area (Å²) in [5, 5.41) is -0.167. The van der Waals surface area contributed by atoms with Gasteiger partial charge in [-0.25, -0.2) is 4.79 Å². The number of aryl methyl sites for hydroxylation is 2. The molecular formula is C21H17F3O6. The quantitative estimate of drug-likeness (QED) is 0.393. The molecule has 0 aliphatic rings. The molecule has 0 saturated heterocycles. The Balaban J connectivity index is 2.15. The van der Waals surface area contributed by atoms with E-state index >= 15 is 0 Å². The summed E-state index contributed by atoms with van der Waals surface area (Å²) in [4.78, 5) is 24.2. The minimum absolute atomic E-state index is 0.0544. The molecule has 158 valence electrons. The third-order valence-electron chi connectivity index (χ3n) is 4.10. The van der Waals surface area contributed by atoms with E-state index in [0.29, 0.717) is 5.56 Å². The van der Waals surface area contributed by atoms with Crippen LogP contribution in [0.15, 0.2) is 45.6 Å². The van der Waals surface area contributed by atoms with Crippen molar-refractivity contribution in [1.29, 1.82) is 0 Å². The fraction of sp³-hybridized carbons (Fsp3) is 0.238. The summed E-state index contributed by atoms with van der Waals surface area (Å²) in [5.74, 6) is -2.59. The first-order valence-electron chi connectivity index (χ1n) is 8.88. The first kappa shape index (κ1) is 21.2. The first-order chi connectivity index (χ1) is 14.1. The molecule has 1 heterocycles. The molecule has 0 aliphatic carbocycles. The second kappa shape index (κ2) is 8.10. The van der Waals surface area contributed by atoms with Gasteiger partial charge >= 0.3 is 12.3 Å². The van der Waals surface area contributed by atoms with Gasteiger partial charge in [0, 0.05) is 6.07 Å². The van der Waals surface area contributed by atoms with Crippen LogP contribution in [-0.4, -0.2) is 12.8 Å². The van der Waals surface area contributed by atoms with Crippen molar-refractivity contribution in [3.63, 3.8) is 0 Å². The Bertz CT molecular complexity index is 1160. The second-order valence-corrected chi connectivity index (χ2v) is 6.40. The number of carbonyl (C=O) groups excluding carboxylic acids is 1. The molecule has 0 amide bonds. The summed E-state index contributed by atoms with van der Waals surface area (Å²) in [5.41, 5.74) is -0.129. The zero-order valence-electron chi connectivity index (χ0n) is 16.3. The van der Waals surface area contributed by atoms with Gasteiger partial charge < -0.3 is 18.6 Å². The molecule has 0 atom stereocenters. The molecule has 30 heavy (non-hydrogen) atoms. The standard InChI is InChI=1S/C21H17F3O6/c1-4-27-20(26)28-13-7-8-14-16(10-13)30-19(21(22,23)24)18(17(14)25)29-15-9-11(2)5-6-12(15)3/h5-10H,4H2,1-3H3. The topological polar surface area (TPSA) is 75.0 Å². The van der Waals surface area contributed by atoms with Crippen LogP contribution in [0.5, 0.6) is 17.2 Å². The number of rotatable bonds is 4. The van der Waals surface area contributed by atoms with E-state index in [2.05, 4.69) is 4.74 Å². The first-order valence-corrected chi connectivity index (χ1v) is 8.88. The monoisotopic (exact) mass is 422 g/mol. The molecule has 0 bridgehead atoms.